The summed E-state index contributed by atoms with van der Waals surface area (Å²) in [6.07, 6.45) is 1.02. The molecular weight excluding hydrogens is 272 g/mol. The van der Waals surface area contributed by atoms with Crippen molar-refractivity contribution >= 4 is 33.0 Å². The van der Waals surface area contributed by atoms with Crippen molar-refractivity contribution in [1.82, 2.24) is 5.32 Å². The standard InChI is InChI=1S/C15H18N2O2S/c1-9-2-3-12-11(6-9)13(16)14(20-12)15(18)17-7-10-4-5-19-8-10/h2-3,6,10H,4-5,7-8,16H2,1H3,(H,17,18). The Bertz CT molecular complexity index is 645. The number of carbonyl (C=O) groups is 1. The van der Waals surface area contributed by atoms with Gasteiger partial charge in [0.25, 0.3) is 5.91 Å². The molecule has 1 unspecified atom stereocenters. The van der Waals surface area contributed by atoms with Crippen LogP contribution in [0.1, 0.15) is 21.7 Å². The first-order valence-corrected chi connectivity index (χ1v) is 7.61. The Hall–Kier alpha value is -1.59. The van der Waals surface area contributed by atoms with E-state index in [1.807, 2.05) is 25.1 Å². The summed E-state index contributed by atoms with van der Waals surface area (Å²) < 4.78 is 6.36. The third-order valence-electron chi connectivity index (χ3n) is 3.66. The molecule has 1 aliphatic heterocycles. The molecule has 3 rings (SSSR count). The highest BCUT2D eigenvalue weighted by Crippen LogP contribution is 2.34. The molecule has 20 heavy (non-hydrogen) atoms. The highest BCUT2D eigenvalue weighted by atomic mass is 32.1. The molecule has 0 bridgehead atoms. The molecule has 1 fully saturated rings. The molecular formula is C15H18N2O2S. The van der Waals surface area contributed by atoms with E-state index in [9.17, 15) is 4.79 Å². The van der Waals surface area contributed by atoms with Gasteiger partial charge in [-0.15, -0.1) is 11.3 Å². The maximum absolute atomic E-state index is 12.3. The molecule has 1 saturated heterocycles. The number of nitrogens with two attached hydrogens (primary N) is 1. The fourth-order valence-electron chi connectivity index (χ4n) is 2.46. The van der Waals surface area contributed by atoms with Crippen molar-refractivity contribution in [3.63, 3.8) is 0 Å². The number of amides is 1. The van der Waals surface area contributed by atoms with Gasteiger partial charge in [0.2, 0.25) is 0 Å². The van der Waals surface area contributed by atoms with Gasteiger partial charge in [0, 0.05) is 29.2 Å². The lowest BCUT2D eigenvalue weighted by atomic mass is 10.1. The Balaban J connectivity index is 1.78. The van der Waals surface area contributed by atoms with E-state index in [2.05, 4.69) is 5.32 Å². The minimum atomic E-state index is -0.0757. The van der Waals surface area contributed by atoms with Crippen molar-refractivity contribution in [1.29, 1.82) is 0 Å². The van der Waals surface area contributed by atoms with E-state index in [1.165, 1.54) is 11.3 Å². The van der Waals surface area contributed by atoms with Crippen molar-refractivity contribution in [3.8, 4) is 0 Å². The number of benzene rings is 1. The van der Waals surface area contributed by atoms with Crippen LogP contribution < -0.4 is 11.1 Å². The van der Waals surface area contributed by atoms with Crippen molar-refractivity contribution in [3.05, 3.63) is 28.6 Å². The van der Waals surface area contributed by atoms with Crippen LogP contribution in [0.4, 0.5) is 5.69 Å². The number of hydrogen-bond acceptors (Lipinski definition) is 4. The first-order valence-electron chi connectivity index (χ1n) is 6.79. The zero-order valence-electron chi connectivity index (χ0n) is 11.4. The van der Waals surface area contributed by atoms with Gasteiger partial charge in [-0.3, -0.25) is 4.79 Å². The first kappa shape index (κ1) is 13.4. The lowest BCUT2D eigenvalue weighted by molar-refractivity contribution is 0.0950. The Labute approximate surface area is 121 Å². The third kappa shape index (κ3) is 2.51. The first-order chi connectivity index (χ1) is 9.65. The number of ether oxygens (including phenoxy) is 1. The van der Waals surface area contributed by atoms with E-state index in [0.29, 0.717) is 23.0 Å². The van der Waals surface area contributed by atoms with Gasteiger partial charge in [-0.05, 0) is 25.5 Å². The Kier molecular flexibility index (Phi) is 3.63. The van der Waals surface area contributed by atoms with Crippen molar-refractivity contribution < 1.29 is 9.53 Å². The van der Waals surface area contributed by atoms with Gasteiger partial charge < -0.3 is 15.8 Å². The van der Waals surface area contributed by atoms with Gasteiger partial charge in [0.15, 0.2) is 0 Å². The van der Waals surface area contributed by atoms with E-state index in [-0.39, 0.29) is 5.91 Å². The minimum Gasteiger partial charge on any atom is -0.397 e. The quantitative estimate of drug-likeness (QED) is 0.913. The predicted octanol–water partition coefficient (Wildman–Crippen LogP) is 2.56. The number of anilines is 1. The van der Waals surface area contributed by atoms with Crippen molar-refractivity contribution in [2.24, 2.45) is 5.92 Å². The molecule has 1 atom stereocenters. The van der Waals surface area contributed by atoms with E-state index in [4.69, 9.17) is 10.5 Å². The topological polar surface area (TPSA) is 64.3 Å². The molecule has 1 aliphatic rings. The third-order valence-corrected chi connectivity index (χ3v) is 4.85. The second kappa shape index (κ2) is 5.42. The average Bonchev–Trinajstić information content (AvgIpc) is 3.05. The number of carbonyl (C=O) groups excluding carboxylic acids is 1. The normalized spacial score (nSPS) is 18.6. The molecule has 106 valence electrons. The second-order valence-electron chi connectivity index (χ2n) is 5.28. The van der Waals surface area contributed by atoms with Crippen LogP contribution in [-0.4, -0.2) is 25.7 Å². The predicted molar refractivity (Wildman–Crippen MR) is 82.2 cm³/mol. The largest absolute Gasteiger partial charge is 0.397 e. The van der Waals surface area contributed by atoms with Crippen molar-refractivity contribution in [2.45, 2.75) is 13.3 Å². The molecule has 3 N–H and O–H groups in total. The van der Waals surface area contributed by atoms with Gasteiger partial charge in [-0.2, -0.15) is 0 Å². The van der Waals surface area contributed by atoms with E-state index in [0.717, 1.165) is 35.3 Å². The number of rotatable bonds is 3. The number of aryl methyl sites for hydroxylation is 1. The minimum absolute atomic E-state index is 0.0757. The number of fused-ring (bicyclic) bond motifs is 1. The van der Waals surface area contributed by atoms with Crippen molar-refractivity contribution in [2.75, 3.05) is 25.5 Å². The van der Waals surface area contributed by atoms with E-state index >= 15 is 0 Å². The molecule has 0 aliphatic carbocycles. The van der Waals surface area contributed by atoms with Crippen LogP contribution in [0.5, 0.6) is 0 Å². The van der Waals surface area contributed by atoms with Gasteiger partial charge in [-0.1, -0.05) is 11.6 Å². The van der Waals surface area contributed by atoms with Crippen LogP contribution in [0.25, 0.3) is 10.1 Å². The molecule has 0 spiro atoms. The highest BCUT2D eigenvalue weighted by molar-refractivity contribution is 7.21. The molecule has 2 aromatic rings. The maximum Gasteiger partial charge on any atom is 0.263 e. The lowest BCUT2D eigenvalue weighted by Gasteiger charge is -2.08. The highest BCUT2D eigenvalue weighted by Gasteiger charge is 2.20. The second-order valence-corrected chi connectivity index (χ2v) is 6.34. The molecule has 0 saturated carbocycles. The number of hydrogen-bond donors (Lipinski definition) is 2. The summed E-state index contributed by atoms with van der Waals surface area (Å²) in [6.45, 7) is 4.22. The maximum atomic E-state index is 12.3. The summed E-state index contributed by atoms with van der Waals surface area (Å²) in [7, 11) is 0. The zero-order valence-corrected chi connectivity index (χ0v) is 12.3. The van der Waals surface area contributed by atoms with Crippen LogP contribution in [0.15, 0.2) is 18.2 Å². The SMILES string of the molecule is Cc1ccc2sc(C(=O)NCC3CCOC3)c(N)c2c1. The lowest BCUT2D eigenvalue weighted by Crippen LogP contribution is -2.29. The Morgan fingerprint density at radius 3 is 3.15 bits per heavy atom. The molecule has 5 heteroatoms. The molecule has 1 aromatic carbocycles. The summed E-state index contributed by atoms with van der Waals surface area (Å²) >= 11 is 1.45. The number of nitrogens with one attached hydrogen (secondary N) is 1. The summed E-state index contributed by atoms with van der Waals surface area (Å²) in [4.78, 5) is 12.9. The van der Waals surface area contributed by atoms with Crippen LogP contribution in [0.3, 0.4) is 0 Å². The van der Waals surface area contributed by atoms with Crippen LogP contribution in [-0.2, 0) is 4.74 Å². The summed E-state index contributed by atoms with van der Waals surface area (Å²) in [5.74, 6) is 0.352. The summed E-state index contributed by atoms with van der Waals surface area (Å²) in [6, 6.07) is 6.09. The van der Waals surface area contributed by atoms with Gasteiger partial charge in [0.05, 0.1) is 12.3 Å². The molecule has 1 amide bonds. The molecule has 4 nitrogen and oxygen atoms in total. The fraction of sp³-hybridized carbons (Fsp3) is 0.400. The Morgan fingerprint density at radius 2 is 2.40 bits per heavy atom. The van der Waals surface area contributed by atoms with Crippen LogP contribution >= 0.6 is 11.3 Å². The van der Waals surface area contributed by atoms with E-state index < -0.39 is 0 Å². The smallest absolute Gasteiger partial charge is 0.263 e. The molecule has 0 radical (unpaired) electrons. The number of thiophene rings is 1. The van der Waals surface area contributed by atoms with Crippen LogP contribution in [0.2, 0.25) is 0 Å². The molecule has 1 aromatic heterocycles. The molecule has 2 heterocycles. The monoisotopic (exact) mass is 290 g/mol. The van der Waals surface area contributed by atoms with Crippen LogP contribution in [0, 0.1) is 12.8 Å². The van der Waals surface area contributed by atoms with Gasteiger partial charge in [-0.25, -0.2) is 0 Å². The van der Waals surface area contributed by atoms with Gasteiger partial charge >= 0.3 is 0 Å². The van der Waals surface area contributed by atoms with Gasteiger partial charge in [0.1, 0.15) is 4.88 Å². The summed E-state index contributed by atoms with van der Waals surface area (Å²) in [5.41, 5.74) is 7.86. The summed E-state index contributed by atoms with van der Waals surface area (Å²) in [5, 5.41) is 3.95. The zero-order chi connectivity index (χ0) is 14.1. The fourth-order valence-corrected chi connectivity index (χ4v) is 3.48. The van der Waals surface area contributed by atoms with E-state index in [1.54, 1.807) is 0 Å². The Morgan fingerprint density at radius 1 is 1.55 bits per heavy atom. The average molecular weight is 290 g/mol. The number of nitrogen functional groups attached to an aromatic ring is 1.